The van der Waals surface area contributed by atoms with Crippen LogP contribution in [-0.4, -0.2) is 61.6 Å². The first kappa shape index (κ1) is 24.3. The van der Waals surface area contributed by atoms with Gasteiger partial charge in [0, 0.05) is 43.5 Å². The molecule has 1 N–H and O–H groups in total. The van der Waals surface area contributed by atoms with Crippen LogP contribution in [0.4, 0.5) is 11.5 Å². The van der Waals surface area contributed by atoms with Gasteiger partial charge in [0.2, 0.25) is 5.91 Å². The summed E-state index contributed by atoms with van der Waals surface area (Å²) in [5.41, 5.74) is 5.09. The molecule has 2 aromatic carbocycles. The van der Waals surface area contributed by atoms with E-state index in [1.54, 1.807) is 6.20 Å². The topological polar surface area (TPSA) is 79.2 Å². The average Bonchev–Trinajstić information content (AvgIpc) is 3.34. The SMILES string of the molecule is CCN(CC)C(=O)C1CCCN(Cc2ccc(-c3nnc4n3-c3cccnc3Nc3ccccc3-4)cc2)C1. The van der Waals surface area contributed by atoms with Crippen molar-refractivity contribution in [1.82, 2.24) is 29.5 Å². The number of benzene rings is 2. The fourth-order valence-corrected chi connectivity index (χ4v) is 5.67. The Morgan fingerprint density at radius 1 is 1.00 bits per heavy atom. The first-order valence-corrected chi connectivity index (χ1v) is 13.5. The molecule has 4 aromatic rings. The minimum atomic E-state index is 0.0968. The monoisotopic (exact) mass is 507 g/mol. The van der Waals surface area contributed by atoms with Gasteiger partial charge in [-0.1, -0.05) is 36.4 Å². The number of anilines is 2. The van der Waals surface area contributed by atoms with Gasteiger partial charge in [-0.2, -0.15) is 0 Å². The van der Waals surface area contributed by atoms with Gasteiger partial charge >= 0.3 is 0 Å². The molecule has 0 radical (unpaired) electrons. The molecule has 194 valence electrons. The zero-order chi connectivity index (χ0) is 26.1. The maximum atomic E-state index is 12.9. The van der Waals surface area contributed by atoms with Crippen LogP contribution in [0.25, 0.3) is 28.5 Å². The number of pyridine rings is 1. The van der Waals surface area contributed by atoms with Gasteiger partial charge in [-0.25, -0.2) is 4.98 Å². The fourth-order valence-electron chi connectivity index (χ4n) is 5.67. The summed E-state index contributed by atoms with van der Waals surface area (Å²) in [5, 5.41) is 12.7. The lowest BCUT2D eigenvalue weighted by Crippen LogP contribution is -2.44. The van der Waals surface area contributed by atoms with E-state index in [1.807, 2.05) is 35.2 Å². The van der Waals surface area contributed by atoms with Crippen LogP contribution < -0.4 is 5.32 Å². The number of fused-ring (bicyclic) bond motifs is 5. The lowest BCUT2D eigenvalue weighted by molar-refractivity contribution is -0.137. The molecular weight excluding hydrogens is 474 g/mol. The molecule has 1 saturated heterocycles. The lowest BCUT2D eigenvalue weighted by Gasteiger charge is -2.34. The smallest absolute Gasteiger partial charge is 0.226 e. The maximum Gasteiger partial charge on any atom is 0.226 e. The van der Waals surface area contributed by atoms with Crippen molar-refractivity contribution in [3.63, 3.8) is 0 Å². The Morgan fingerprint density at radius 3 is 2.61 bits per heavy atom. The van der Waals surface area contributed by atoms with E-state index in [0.717, 1.165) is 85.5 Å². The van der Waals surface area contributed by atoms with E-state index >= 15 is 0 Å². The number of carbonyl (C=O) groups is 1. The number of nitrogens with one attached hydrogen (secondary N) is 1. The molecule has 1 unspecified atom stereocenters. The van der Waals surface area contributed by atoms with Gasteiger partial charge in [-0.3, -0.25) is 14.3 Å². The second-order valence-corrected chi connectivity index (χ2v) is 10.0. The van der Waals surface area contributed by atoms with Crippen molar-refractivity contribution in [2.75, 3.05) is 31.5 Å². The molecule has 1 fully saturated rings. The van der Waals surface area contributed by atoms with Crippen molar-refractivity contribution in [1.29, 1.82) is 0 Å². The predicted molar refractivity (Wildman–Crippen MR) is 149 cm³/mol. The molecule has 0 spiro atoms. The van der Waals surface area contributed by atoms with E-state index in [0.29, 0.717) is 5.91 Å². The molecule has 2 aliphatic heterocycles. The summed E-state index contributed by atoms with van der Waals surface area (Å²) in [7, 11) is 0. The van der Waals surface area contributed by atoms with Gasteiger partial charge in [-0.05, 0) is 63.1 Å². The fraction of sp³-hybridized carbons (Fsp3) is 0.333. The van der Waals surface area contributed by atoms with Crippen LogP contribution in [0, 0.1) is 5.92 Å². The second-order valence-electron chi connectivity index (χ2n) is 10.0. The zero-order valence-electron chi connectivity index (χ0n) is 22.0. The Kier molecular flexibility index (Phi) is 6.64. The van der Waals surface area contributed by atoms with E-state index < -0.39 is 0 Å². The normalized spacial score (nSPS) is 16.5. The molecule has 1 amide bonds. The molecule has 4 heterocycles. The summed E-state index contributed by atoms with van der Waals surface area (Å²) >= 11 is 0. The lowest BCUT2D eigenvalue weighted by atomic mass is 9.96. The van der Waals surface area contributed by atoms with E-state index in [9.17, 15) is 4.79 Å². The molecular formula is C30H33N7O. The maximum absolute atomic E-state index is 12.9. The molecule has 2 aliphatic rings. The Labute approximate surface area is 223 Å². The van der Waals surface area contributed by atoms with Gasteiger partial charge in [0.25, 0.3) is 0 Å². The standard InChI is InChI=1S/C30H33N7O/c1-3-36(4-2)30(38)23-9-8-18-35(20-23)19-21-13-15-22(16-14-21)28-33-34-29-24-10-5-6-11-25(24)32-27-26(37(28)29)12-7-17-31-27/h5-7,10-17,23H,3-4,8-9,18-20H2,1-2H3,(H,31,32). The molecule has 8 nitrogen and oxygen atoms in total. The summed E-state index contributed by atoms with van der Waals surface area (Å²) < 4.78 is 2.09. The van der Waals surface area contributed by atoms with Crippen molar-refractivity contribution in [3.05, 3.63) is 72.4 Å². The number of nitrogens with zero attached hydrogens (tertiary/aromatic N) is 6. The van der Waals surface area contributed by atoms with Gasteiger partial charge in [0.05, 0.1) is 17.3 Å². The first-order valence-electron chi connectivity index (χ1n) is 13.5. The number of hydrogen-bond acceptors (Lipinski definition) is 6. The van der Waals surface area contributed by atoms with E-state index in [1.165, 1.54) is 5.56 Å². The van der Waals surface area contributed by atoms with Gasteiger partial charge in [0.15, 0.2) is 17.5 Å². The quantitative estimate of drug-likeness (QED) is 0.343. The predicted octanol–water partition coefficient (Wildman–Crippen LogP) is 5.13. The molecule has 6 rings (SSSR count). The van der Waals surface area contributed by atoms with Crippen LogP contribution >= 0.6 is 0 Å². The largest absolute Gasteiger partial charge is 0.343 e. The minimum Gasteiger partial charge on any atom is -0.343 e. The highest BCUT2D eigenvalue weighted by atomic mass is 16.2. The highest BCUT2D eigenvalue weighted by molar-refractivity contribution is 5.84. The molecule has 2 aromatic heterocycles. The first-order chi connectivity index (χ1) is 18.7. The Hall–Kier alpha value is -4.04. The van der Waals surface area contributed by atoms with Crippen molar-refractivity contribution < 1.29 is 4.79 Å². The molecule has 1 atom stereocenters. The third-order valence-corrected chi connectivity index (χ3v) is 7.66. The third-order valence-electron chi connectivity index (χ3n) is 7.66. The number of amides is 1. The summed E-state index contributed by atoms with van der Waals surface area (Å²) in [6.45, 7) is 8.36. The molecule has 0 saturated carbocycles. The van der Waals surface area contributed by atoms with Crippen molar-refractivity contribution in [2.45, 2.75) is 33.2 Å². The Balaban J connectivity index is 1.26. The zero-order valence-corrected chi connectivity index (χ0v) is 22.0. The average molecular weight is 508 g/mol. The van der Waals surface area contributed by atoms with Crippen molar-refractivity contribution >= 4 is 17.4 Å². The third kappa shape index (κ3) is 4.45. The highest BCUT2D eigenvalue weighted by Crippen LogP contribution is 2.39. The molecule has 38 heavy (non-hydrogen) atoms. The summed E-state index contributed by atoms with van der Waals surface area (Å²) in [5.74, 6) is 2.74. The Morgan fingerprint density at radius 2 is 1.79 bits per heavy atom. The van der Waals surface area contributed by atoms with Crippen molar-refractivity contribution in [3.8, 4) is 28.5 Å². The number of para-hydroxylation sites is 1. The van der Waals surface area contributed by atoms with E-state index in [4.69, 9.17) is 0 Å². The molecule has 0 bridgehead atoms. The van der Waals surface area contributed by atoms with Crippen molar-refractivity contribution in [2.24, 2.45) is 5.92 Å². The van der Waals surface area contributed by atoms with E-state index in [2.05, 4.69) is 74.1 Å². The number of likely N-dealkylation sites (tertiary alicyclic amines) is 1. The summed E-state index contributed by atoms with van der Waals surface area (Å²) in [6.07, 6.45) is 3.83. The van der Waals surface area contributed by atoms with Crippen LogP contribution in [0.2, 0.25) is 0 Å². The number of aromatic nitrogens is 4. The van der Waals surface area contributed by atoms with Gasteiger partial charge < -0.3 is 10.2 Å². The van der Waals surface area contributed by atoms with E-state index in [-0.39, 0.29) is 5.92 Å². The second kappa shape index (κ2) is 10.4. The Bertz CT molecular complexity index is 1440. The summed E-state index contributed by atoms with van der Waals surface area (Å²) in [4.78, 5) is 21.9. The highest BCUT2D eigenvalue weighted by Gasteiger charge is 2.28. The van der Waals surface area contributed by atoms with Crippen LogP contribution in [0.1, 0.15) is 32.3 Å². The number of hydrogen-bond donors (Lipinski definition) is 1. The van der Waals surface area contributed by atoms with Gasteiger partial charge in [0.1, 0.15) is 0 Å². The summed E-state index contributed by atoms with van der Waals surface area (Å²) in [6, 6.07) is 20.7. The number of rotatable bonds is 6. The van der Waals surface area contributed by atoms with Crippen LogP contribution in [0.15, 0.2) is 66.9 Å². The number of piperidine rings is 1. The van der Waals surface area contributed by atoms with Crippen LogP contribution in [0.5, 0.6) is 0 Å². The molecule has 8 heteroatoms. The minimum absolute atomic E-state index is 0.0968. The molecule has 0 aliphatic carbocycles. The van der Waals surface area contributed by atoms with Crippen LogP contribution in [-0.2, 0) is 11.3 Å². The van der Waals surface area contributed by atoms with Crippen LogP contribution in [0.3, 0.4) is 0 Å². The van der Waals surface area contributed by atoms with Gasteiger partial charge in [-0.15, -0.1) is 10.2 Å². The number of carbonyl (C=O) groups excluding carboxylic acids is 1.